The highest BCUT2D eigenvalue weighted by molar-refractivity contribution is 5.43. The minimum Gasteiger partial charge on any atom is -0.378 e. The summed E-state index contributed by atoms with van der Waals surface area (Å²) in [6.07, 6.45) is 2.97. The molecule has 0 amide bonds. The number of ether oxygens (including phenoxy) is 1. The topological polar surface area (TPSA) is 53.5 Å². The third kappa shape index (κ3) is 4.31. The zero-order chi connectivity index (χ0) is 17.8. The molecule has 2 aliphatic heterocycles. The van der Waals surface area contributed by atoms with Gasteiger partial charge in [0.1, 0.15) is 5.82 Å². The third-order valence-corrected chi connectivity index (χ3v) is 5.11. The van der Waals surface area contributed by atoms with Gasteiger partial charge in [0, 0.05) is 45.0 Å². The van der Waals surface area contributed by atoms with Crippen molar-refractivity contribution in [1.82, 2.24) is 14.9 Å². The van der Waals surface area contributed by atoms with E-state index in [1.807, 2.05) is 12.3 Å². The van der Waals surface area contributed by atoms with E-state index < -0.39 is 0 Å². The normalized spacial score (nSPS) is 21.1. The first kappa shape index (κ1) is 17.2. The van der Waals surface area contributed by atoms with E-state index in [0.29, 0.717) is 6.04 Å². The Balaban J connectivity index is 1.32. The lowest BCUT2D eigenvalue weighted by Gasteiger charge is -2.28. The summed E-state index contributed by atoms with van der Waals surface area (Å²) in [6.45, 7) is 8.59. The smallest absolute Gasteiger partial charge is 0.224 e. The van der Waals surface area contributed by atoms with Gasteiger partial charge in [-0.2, -0.15) is 4.98 Å². The van der Waals surface area contributed by atoms with Crippen molar-refractivity contribution in [2.45, 2.75) is 25.9 Å². The molecule has 26 heavy (non-hydrogen) atoms. The fourth-order valence-electron chi connectivity index (χ4n) is 3.62. The van der Waals surface area contributed by atoms with Crippen molar-refractivity contribution in [3.63, 3.8) is 0 Å². The van der Waals surface area contributed by atoms with E-state index in [2.05, 4.69) is 51.3 Å². The fourth-order valence-corrected chi connectivity index (χ4v) is 3.62. The highest BCUT2D eigenvalue weighted by Crippen LogP contribution is 2.18. The number of rotatable bonds is 5. The molecule has 6 heteroatoms. The van der Waals surface area contributed by atoms with Crippen molar-refractivity contribution in [3.8, 4) is 0 Å². The van der Waals surface area contributed by atoms with Crippen molar-refractivity contribution in [1.29, 1.82) is 0 Å². The second-order valence-electron chi connectivity index (χ2n) is 7.19. The highest BCUT2D eigenvalue weighted by Gasteiger charge is 2.23. The van der Waals surface area contributed by atoms with Crippen LogP contribution in [0.25, 0.3) is 0 Å². The van der Waals surface area contributed by atoms with Gasteiger partial charge in [0.25, 0.3) is 0 Å². The molecule has 0 spiro atoms. The first-order valence-corrected chi connectivity index (χ1v) is 9.46. The Morgan fingerprint density at radius 1 is 1.12 bits per heavy atom. The Morgan fingerprint density at radius 2 is 1.92 bits per heavy atom. The lowest BCUT2D eigenvalue weighted by atomic mass is 10.1. The first-order chi connectivity index (χ1) is 12.8. The number of nitrogens with one attached hydrogen (secondary N) is 1. The predicted octanol–water partition coefficient (Wildman–Crippen LogP) is 2.31. The molecule has 2 fully saturated rings. The molecule has 2 aliphatic rings. The molecule has 0 radical (unpaired) electrons. The van der Waals surface area contributed by atoms with Crippen LogP contribution >= 0.6 is 0 Å². The Hall–Kier alpha value is -2.18. The van der Waals surface area contributed by atoms with E-state index in [1.165, 1.54) is 11.1 Å². The number of nitrogens with zero attached hydrogens (tertiary/aromatic N) is 4. The summed E-state index contributed by atoms with van der Waals surface area (Å²) >= 11 is 0. The molecule has 0 aliphatic carbocycles. The zero-order valence-electron chi connectivity index (χ0n) is 15.4. The number of morpholine rings is 1. The molecular formula is C20H27N5O. The van der Waals surface area contributed by atoms with E-state index in [1.54, 1.807) is 0 Å². The van der Waals surface area contributed by atoms with Crippen molar-refractivity contribution < 1.29 is 4.74 Å². The maximum atomic E-state index is 5.42. The zero-order valence-corrected chi connectivity index (χ0v) is 15.4. The quantitative estimate of drug-likeness (QED) is 0.890. The average molecular weight is 353 g/mol. The van der Waals surface area contributed by atoms with Gasteiger partial charge < -0.3 is 15.0 Å². The Kier molecular flexibility index (Phi) is 5.32. The molecule has 1 atom stereocenters. The van der Waals surface area contributed by atoms with Gasteiger partial charge in [-0.15, -0.1) is 0 Å². The van der Waals surface area contributed by atoms with E-state index >= 15 is 0 Å². The van der Waals surface area contributed by atoms with Crippen molar-refractivity contribution in [3.05, 3.63) is 47.7 Å². The number of anilines is 2. The van der Waals surface area contributed by atoms with Gasteiger partial charge in [0.2, 0.25) is 5.95 Å². The predicted molar refractivity (Wildman–Crippen MR) is 104 cm³/mol. The van der Waals surface area contributed by atoms with Gasteiger partial charge in [-0.05, 0) is 25.0 Å². The summed E-state index contributed by atoms with van der Waals surface area (Å²) in [5, 5.41) is 3.52. The standard InChI is InChI=1S/C20H27N5O/c1-16-2-4-17(5-3-16)14-24-9-7-18(15-24)22-20-21-8-6-19(23-20)25-10-12-26-13-11-25/h2-6,8,18H,7,9-15H2,1H3,(H,21,22,23). The summed E-state index contributed by atoms with van der Waals surface area (Å²) in [6, 6.07) is 11.2. The number of hydrogen-bond donors (Lipinski definition) is 1. The van der Waals surface area contributed by atoms with Crippen LogP contribution in [0.2, 0.25) is 0 Å². The second-order valence-corrected chi connectivity index (χ2v) is 7.19. The Bertz CT molecular complexity index is 714. The minimum absolute atomic E-state index is 0.403. The van der Waals surface area contributed by atoms with Crippen LogP contribution in [0.1, 0.15) is 17.5 Å². The number of likely N-dealkylation sites (tertiary alicyclic amines) is 1. The Morgan fingerprint density at radius 3 is 2.73 bits per heavy atom. The van der Waals surface area contributed by atoms with Gasteiger partial charge in [-0.1, -0.05) is 29.8 Å². The van der Waals surface area contributed by atoms with E-state index in [0.717, 1.165) is 64.1 Å². The first-order valence-electron chi connectivity index (χ1n) is 9.46. The largest absolute Gasteiger partial charge is 0.378 e. The maximum Gasteiger partial charge on any atom is 0.224 e. The van der Waals surface area contributed by atoms with Crippen LogP contribution in [-0.4, -0.2) is 60.3 Å². The second kappa shape index (κ2) is 8.01. The van der Waals surface area contributed by atoms with Crippen LogP contribution in [0.4, 0.5) is 11.8 Å². The molecular weight excluding hydrogens is 326 g/mol. The van der Waals surface area contributed by atoms with Crippen molar-refractivity contribution in [2.75, 3.05) is 49.6 Å². The monoisotopic (exact) mass is 353 g/mol. The number of aromatic nitrogens is 2. The molecule has 3 heterocycles. The fraction of sp³-hybridized carbons (Fsp3) is 0.500. The molecule has 2 saturated heterocycles. The molecule has 138 valence electrons. The van der Waals surface area contributed by atoms with Crippen LogP contribution in [-0.2, 0) is 11.3 Å². The molecule has 1 aromatic heterocycles. The summed E-state index contributed by atoms with van der Waals surface area (Å²) in [4.78, 5) is 13.9. The molecule has 1 aromatic carbocycles. The number of aryl methyl sites for hydroxylation is 1. The third-order valence-electron chi connectivity index (χ3n) is 5.11. The van der Waals surface area contributed by atoms with E-state index in [4.69, 9.17) is 9.72 Å². The van der Waals surface area contributed by atoms with Gasteiger partial charge in [-0.3, -0.25) is 4.90 Å². The number of benzene rings is 1. The van der Waals surface area contributed by atoms with Crippen molar-refractivity contribution in [2.24, 2.45) is 0 Å². The molecule has 1 unspecified atom stereocenters. The van der Waals surface area contributed by atoms with Gasteiger partial charge in [0.15, 0.2) is 0 Å². The SMILES string of the molecule is Cc1ccc(CN2CCC(Nc3nccc(N4CCOCC4)n3)C2)cc1. The lowest BCUT2D eigenvalue weighted by molar-refractivity contribution is 0.122. The van der Waals surface area contributed by atoms with Gasteiger partial charge >= 0.3 is 0 Å². The van der Waals surface area contributed by atoms with Crippen LogP contribution in [0.3, 0.4) is 0 Å². The summed E-state index contributed by atoms with van der Waals surface area (Å²) < 4.78 is 5.42. The van der Waals surface area contributed by atoms with Gasteiger partial charge in [-0.25, -0.2) is 4.98 Å². The van der Waals surface area contributed by atoms with Crippen LogP contribution in [0, 0.1) is 6.92 Å². The summed E-state index contributed by atoms with van der Waals surface area (Å²) in [5.74, 6) is 1.72. The minimum atomic E-state index is 0.403. The van der Waals surface area contributed by atoms with Crippen molar-refractivity contribution >= 4 is 11.8 Å². The lowest BCUT2D eigenvalue weighted by Crippen LogP contribution is -2.37. The molecule has 0 saturated carbocycles. The maximum absolute atomic E-state index is 5.42. The summed E-state index contributed by atoms with van der Waals surface area (Å²) in [5.41, 5.74) is 2.69. The van der Waals surface area contributed by atoms with Crippen LogP contribution < -0.4 is 10.2 Å². The molecule has 2 aromatic rings. The Labute approximate surface area is 155 Å². The van der Waals surface area contributed by atoms with Crippen LogP contribution in [0.15, 0.2) is 36.5 Å². The number of hydrogen-bond acceptors (Lipinski definition) is 6. The molecule has 4 rings (SSSR count). The van der Waals surface area contributed by atoms with E-state index in [9.17, 15) is 0 Å². The molecule has 1 N–H and O–H groups in total. The molecule has 6 nitrogen and oxygen atoms in total. The highest BCUT2D eigenvalue weighted by atomic mass is 16.5. The average Bonchev–Trinajstić information content (AvgIpc) is 3.11. The van der Waals surface area contributed by atoms with Gasteiger partial charge in [0.05, 0.1) is 13.2 Å². The summed E-state index contributed by atoms with van der Waals surface area (Å²) in [7, 11) is 0. The van der Waals surface area contributed by atoms with Crippen LogP contribution in [0.5, 0.6) is 0 Å². The van der Waals surface area contributed by atoms with E-state index in [-0.39, 0.29) is 0 Å². The molecule has 0 bridgehead atoms.